The third-order valence-electron chi connectivity index (χ3n) is 4.35. The summed E-state index contributed by atoms with van der Waals surface area (Å²) in [5.74, 6) is 2.81. The molecule has 1 aliphatic rings. The summed E-state index contributed by atoms with van der Waals surface area (Å²) in [6.45, 7) is 6.05. The van der Waals surface area contributed by atoms with E-state index in [9.17, 15) is 0 Å². The molecule has 2 aromatic rings. The minimum atomic E-state index is 0.442. The van der Waals surface area contributed by atoms with Crippen molar-refractivity contribution >= 4 is 11.6 Å². The monoisotopic (exact) mass is 312 g/mol. The van der Waals surface area contributed by atoms with E-state index in [0.717, 1.165) is 42.7 Å². The Labute approximate surface area is 137 Å². The molecule has 6 nitrogen and oxygen atoms in total. The molecule has 0 spiro atoms. The highest BCUT2D eigenvalue weighted by atomic mass is 15.3. The molecule has 23 heavy (non-hydrogen) atoms. The van der Waals surface area contributed by atoms with Gasteiger partial charge in [0.15, 0.2) is 5.82 Å². The number of aryl methyl sites for hydroxylation is 2. The van der Waals surface area contributed by atoms with E-state index in [1.807, 2.05) is 19.1 Å². The first kappa shape index (κ1) is 15.6. The Kier molecular flexibility index (Phi) is 4.69. The van der Waals surface area contributed by atoms with Crippen molar-refractivity contribution in [2.75, 3.05) is 29.9 Å². The van der Waals surface area contributed by atoms with Crippen molar-refractivity contribution in [3.8, 4) is 0 Å². The Morgan fingerprint density at radius 2 is 2.22 bits per heavy atom. The van der Waals surface area contributed by atoms with E-state index in [1.54, 1.807) is 6.20 Å². The Morgan fingerprint density at radius 3 is 2.96 bits per heavy atom. The van der Waals surface area contributed by atoms with Crippen LogP contribution in [0.1, 0.15) is 31.3 Å². The maximum Gasteiger partial charge on any atom is 0.151 e. The Morgan fingerprint density at radius 1 is 1.35 bits per heavy atom. The van der Waals surface area contributed by atoms with Crippen LogP contribution in [0.25, 0.3) is 0 Å². The summed E-state index contributed by atoms with van der Waals surface area (Å²) in [5.41, 5.74) is 1.09. The fourth-order valence-electron chi connectivity index (χ4n) is 3.17. The third kappa shape index (κ3) is 3.57. The van der Waals surface area contributed by atoms with Gasteiger partial charge < -0.3 is 9.80 Å². The van der Waals surface area contributed by atoms with Crippen LogP contribution in [0.5, 0.6) is 0 Å². The normalized spacial score (nSPS) is 17.5. The highest BCUT2D eigenvalue weighted by molar-refractivity contribution is 5.43. The SMILES string of the molecule is CCc1cc(N(C)CC2CCCN2c2cccnn2)nc(C)n1. The molecule has 1 atom stereocenters. The summed E-state index contributed by atoms with van der Waals surface area (Å²) >= 11 is 0. The summed E-state index contributed by atoms with van der Waals surface area (Å²) < 4.78 is 0. The Balaban J connectivity index is 1.74. The average molecular weight is 312 g/mol. The molecule has 0 aromatic carbocycles. The zero-order valence-corrected chi connectivity index (χ0v) is 14.1. The molecule has 0 N–H and O–H groups in total. The van der Waals surface area contributed by atoms with Crippen LogP contribution in [0.4, 0.5) is 11.6 Å². The van der Waals surface area contributed by atoms with Gasteiger partial charge in [-0.3, -0.25) is 0 Å². The maximum absolute atomic E-state index is 4.59. The zero-order valence-electron chi connectivity index (χ0n) is 14.1. The van der Waals surface area contributed by atoms with Gasteiger partial charge in [-0.25, -0.2) is 9.97 Å². The molecule has 122 valence electrons. The molecule has 2 aromatic heterocycles. The van der Waals surface area contributed by atoms with Crippen molar-refractivity contribution in [2.45, 2.75) is 39.2 Å². The van der Waals surface area contributed by atoms with E-state index in [0.29, 0.717) is 6.04 Å². The summed E-state index contributed by atoms with van der Waals surface area (Å²) in [5, 5.41) is 8.27. The highest BCUT2D eigenvalue weighted by Gasteiger charge is 2.27. The van der Waals surface area contributed by atoms with Gasteiger partial charge in [-0.05, 0) is 38.3 Å². The van der Waals surface area contributed by atoms with Crippen molar-refractivity contribution < 1.29 is 0 Å². The first-order valence-corrected chi connectivity index (χ1v) is 8.27. The summed E-state index contributed by atoms with van der Waals surface area (Å²) in [4.78, 5) is 13.6. The number of likely N-dealkylation sites (N-methyl/N-ethyl adjacent to an activating group) is 1. The van der Waals surface area contributed by atoms with Gasteiger partial charge in [0.05, 0.1) is 0 Å². The highest BCUT2D eigenvalue weighted by Crippen LogP contribution is 2.24. The molecule has 0 amide bonds. The molecule has 1 unspecified atom stereocenters. The summed E-state index contributed by atoms with van der Waals surface area (Å²) in [6.07, 6.45) is 5.01. The molecule has 1 aliphatic heterocycles. The van der Waals surface area contributed by atoms with Gasteiger partial charge in [0, 0.05) is 44.1 Å². The van der Waals surface area contributed by atoms with Crippen LogP contribution in [-0.2, 0) is 6.42 Å². The van der Waals surface area contributed by atoms with Crippen LogP contribution in [0.15, 0.2) is 24.4 Å². The number of aromatic nitrogens is 4. The topological polar surface area (TPSA) is 58.0 Å². The molecule has 0 radical (unpaired) electrons. The quantitative estimate of drug-likeness (QED) is 0.844. The number of hydrogen-bond donors (Lipinski definition) is 0. The van der Waals surface area contributed by atoms with Gasteiger partial charge in [-0.15, -0.1) is 5.10 Å². The van der Waals surface area contributed by atoms with E-state index in [4.69, 9.17) is 0 Å². The lowest BCUT2D eigenvalue weighted by atomic mass is 10.2. The van der Waals surface area contributed by atoms with Crippen molar-refractivity contribution in [1.29, 1.82) is 0 Å². The number of nitrogens with zero attached hydrogens (tertiary/aromatic N) is 6. The minimum absolute atomic E-state index is 0.442. The van der Waals surface area contributed by atoms with Gasteiger partial charge in [0.2, 0.25) is 0 Å². The standard InChI is InChI=1S/C17H24N6/c1-4-14-11-17(20-13(2)19-14)22(3)12-15-7-6-10-23(15)16-8-5-9-18-21-16/h5,8-9,11,15H,4,6-7,10,12H2,1-3H3. The molecule has 1 fully saturated rings. The average Bonchev–Trinajstić information content (AvgIpc) is 3.03. The van der Waals surface area contributed by atoms with Gasteiger partial charge in [0.1, 0.15) is 11.6 Å². The van der Waals surface area contributed by atoms with Crippen molar-refractivity contribution in [3.63, 3.8) is 0 Å². The van der Waals surface area contributed by atoms with Gasteiger partial charge in [-0.2, -0.15) is 5.10 Å². The maximum atomic E-state index is 4.59. The molecular weight excluding hydrogens is 288 g/mol. The molecule has 1 saturated heterocycles. The predicted molar refractivity (Wildman–Crippen MR) is 91.8 cm³/mol. The number of hydrogen-bond acceptors (Lipinski definition) is 6. The first-order valence-electron chi connectivity index (χ1n) is 8.27. The van der Waals surface area contributed by atoms with Crippen LogP contribution in [-0.4, -0.2) is 46.3 Å². The molecule has 6 heteroatoms. The second-order valence-electron chi connectivity index (χ2n) is 6.07. The van der Waals surface area contributed by atoms with E-state index < -0.39 is 0 Å². The van der Waals surface area contributed by atoms with Crippen LogP contribution in [0, 0.1) is 6.92 Å². The second kappa shape index (κ2) is 6.89. The number of rotatable bonds is 5. The second-order valence-corrected chi connectivity index (χ2v) is 6.07. The van der Waals surface area contributed by atoms with E-state index >= 15 is 0 Å². The molecular formula is C17H24N6. The largest absolute Gasteiger partial charge is 0.357 e. The van der Waals surface area contributed by atoms with Crippen LogP contribution in [0.2, 0.25) is 0 Å². The lowest BCUT2D eigenvalue weighted by Gasteiger charge is -2.30. The minimum Gasteiger partial charge on any atom is -0.357 e. The lowest BCUT2D eigenvalue weighted by molar-refractivity contribution is 0.642. The first-order chi connectivity index (χ1) is 11.2. The van der Waals surface area contributed by atoms with Gasteiger partial charge in [0.25, 0.3) is 0 Å². The van der Waals surface area contributed by atoms with Crippen LogP contribution in [0.3, 0.4) is 0 Å². The van der Waals surface area contributed by atoms with Gasteiger partial charge in [-0.1, -0.05) is 6.92 Å². The molecule has 0 saturated carbocycles. The van der Waals surface area contributed by atoms with Crippen LogP contribution >= 0.6 is 0 Å². The van der Waals surface area contributed by atoms with Crippen molar-refractivity contribution in [2.24, 2.45) is 0 Å². The van der Waals surface area contributed by atoms with E-state index in [-0.39, 0.29) is 0 Å². The molecule has 0 aliphatic carbocycles. The molecule has 3 rings (SSSR count). The smallest absolute Gasteiger partial charge is 0.151 e. The number of anilines is 2. The fraction of sp³-hybridized carbons (Fsp3) is 0.529. The zero-order chi connectivity index (χ0) is 16.2. The molecule has 3 heterocycles. The van der Waals surface area contributed by atoms with Gasteiger partial charge >= 0.3 is 0 Å². The fourth-order valence-corrected chi connectivity index (χ4v) is 3.17. The third-order valence-corrected chi connectivity index (χ3v) is 4.35. The van der Waals surface area contributed by atoms with Crippen molar-refractivity contribution in [3.05, 3.63) is 35.9 Å². The summed E-state index contributed by atoms with van der Waals surface area (Å²) in [7, 11) is 2.11. The predicted octanol–water partition coefficient (Wildman–Crippen LogP) is 2.24. The lowest BCUT2D eigenvalue weighted by Crippen LogP contribution is -2.39. The summed E-state index contributed by atoms with van der Waals surface area (Å²) in [6, 6.07) is 6.52. The Bertz CT molecular complexity index is 645. The molecule has 0 bridgehead atoms. The van der Waals surface area contributed by atoms with Crippen LogP contribution < -0.4 is 9.80 Å². The Hall–Kier alpha value is -2.24. The van der Waals surface area contributed by atoms with Crippen molar-refractivity contribution in [1.82, 2.24) is 20.2 Å². The van der Waals surface area contributed by atoms with E-state index in [1.165, 1.54) is 12.8 Å². The van der Waals surface area contributed by atoms with E-state index in [2.05, 4.69) is 50.0 Å².